The van der Waals surface area contributed by atoms with Gasteiger partial charge in [-0.15, -0.1) is 11.8 Å². The lowest BCUT2D eigenvalue weighted by atomic mass is 9.65. The fourth-order valence-corrected chi connectivity index (χ4v) is 8.39. The van der Waals surface area contributed by atoms with E-state index in [0.29, 0.717) is 11.3 Å². The third-order valence-corrected chi connectivity index (χ3v) is 10.1. The summed E-state index contributed by atoms with van der Waals surface area (Å²) in [6, 6.07) is 0.279. The second-order valence-electron chi connectivity index (χ2n) is 11.4. The van der Waals surface area contributed by atoms with Crippen LogP contribution in [0.2, 0.25) is 0 Å². The molecule has 1 fully saturated rings. The molecule has 0 saturated carbocycles. The number of rotatable bonds is 1. The van der Waals surface area contributed by atoms with Gasteiger partial charge in [-0.25, -0.2) is 4.99 Å². The number of fused-ring (bicyclic) bond motifs is 5. The summed E-state index contributed by atoms with van der Waals surface area (Å²) < 4.78 is 29.6. The van der Waals surface area contributed by atoms with Gasteiger partial charge in [0.2, 0.25) is 0 Å². The van der Waals surface area contributed by atoms with Gasteiger partial charge in [0, 0.05) is 27.7 Å². The molecule has 1 saturated heterocycles. The van der Waals surface area contributed by atoms with Gasteiger partial charge in [-0.2, -0.15) is 0 Å². The third kappa shape index (κ3) is 3.08. The van der Waals surface area contributed by atoms with E-state index in [1.54, 1.807) is 16.6 Å². The van der Waals surface area contributed by atoms with Gasteiger partial charge < -0.3 is 4.74 Å². The Morgan fingerprint density at radius 2 is 2.06 bits per heavy atom. The molecular formula is C27H36N2OS. The molecule has 6 aliphatic rings. The lowest BCUT2D eigenvalue weighted by Crippen LogP contribution is -2.42. The van der Waals surface area contributed by atoms with Crippen molar-refractivity contribution in [2.24, 2.45) is 27.7 Å². The lowest BCUT2D eigenvalue weighted by Gasteiger charge is -2.41. The summed E-state index contributed by atoms with van der Waals surface area (Å²) in [7, 11) is 0. The van der Waals surface area contributed by atoms with Crippen LogP contribution in [0.15, 0.2) is 50.6 Å². The van der Waals surface area contributed by atoms with Crippen LogP contribution < -0.4 is 5.32 Å². The molecule has 2 aliphatic carbocycles. The van der Waals surface area contributed by atoms with Crippen LogP contribution in [0.25, 0.3) is 0 Å². The van der Waals surface area contributed by atoms with Gasteiger partial charge in [-0.3, -0.25) is 5.32 Å². The molecule has 4 heterocycles. The van der Waals surface area contributed by atoms with Crippen LogP contribution in [0.1, 0.15) is 77.2 Å². The van der Waals surface area contributed by atoms with Crippen molar-refractivity contribution in [3.8, 4) is 0 Å². The predicted octanol–water partition coefficient (Wildman–Crippen LogP) is 6.51. The highest BCUT2D eigenvalue weighted by molar-refractivity contribution is 8.04. The molecule has 0 aromatic rings. The first-order chi connectivity index (χ1) is 16.0. The van der Waals surface area contributed by atoms with Crippen molar-refractivity contribution in [3.63, 3.8) is 0 Å². The van der Waals surface area contributed by atoms with E-state index in [2.05, 4.69) is 44.1 Å². The van der Waals surface area contributed by atoms with Crippen molar-refractivity contribution in [3.05, 3.63) is 45.6 Å². The smallest absolute Gasteiger partial charge is 0.196 e. The molecule has 31 heavy (non-hydrogen) atoms. The largest absolute Gasteiger partial charge is 0.472 e. The van der Waals surface area contributed by atoms with E-state index in [9.17, 15) is 0 Å². The minimum absolute atomic E-state index is 0.155. The molecule has 5 atom stereocenters. The number of nitrogens with zero attached hydrogens (tertiary/aromatic N) is 1. The molecule has 4 heteroatoms. The van der Waals surface area contributed by atoms with Gasteiger partial charge >= 0.3 is 0 Å². The fourth-order valence-electron chi connectivity index (χ4n) is 6.65. The van der Waals surface area contributed by atoms with E-state index in [4.69, 9.17) is 8.85 Å². The lowest BCUT2D eigenvalue weighted by molar-refractivity contribution is 0.146. The molecule has 0 bridgehead atoms. The summed E-state index contributed by atoms with van der Waals surface area (Å²) in [5.41, 5.74) is 5.16. The van der Waals surface area contributed by atoms with Crippen LogP contribution in [0.5, 0.6) is 0 Å². The van der Waals surface area contributed by atoms with Gasteiger partial charge in [0.05, 0.1) is 5.37 Å². The predicted molar refractivity (Wildman–Crippen MR) is 130 cm³/mol. The Morgan fingerprint density at radius 1 is 1.23 bits per heavy atom. The molecule has 166 valence electrons. The normalized spacial score (nSPS) is 41.7. The van der Waals surface area contributed by atoms with Gasteiger partial charge in [0.25, 0.3) is 0 Å². The molecule has 4 aliphatic heterocycles. The maximum absolute atomic E-state index is 7.73. The minimum atomic E-state index is -2.19. The molecule has 6 rings (SSSR count). The fraction of sp³-hybridized carbons (Fsp3) is 0.667. The Hall–Kier alpha value is -1.26. The zero-order valence-electron chi connectivity index (χ0n) is 22.1. The van der Waals surface area contributed by atoms with Crippen LogP contribution >= 0.6 is 11.8 Å². The second-order valence-corrected chi connectivity index (χ2v) is 12.5. The molecule has 3 unspecified atom stereocenters. The number of hydrogen-bond acceptors (Lipinski definition) is 4. The first-order valence-corrected chi connectivity index (χ1v) is 12.9. The molecule has 0 amide bonds. The van der Waals surface area contributed by atoms with Crippen LogP contribution in [0.3, 0.4) is 0 Å². The Balaban J connectivity index is 1.29. The maximum atomic E-state index is 7.73. The average molecular weight is 440 g/mol. The van der Waals surface area contributed by atoms with Gasteiger partial charge in [-0.05, 0) is 83.9 Å². The quantitative estimate of drug-likeness (QED) is 0.506. The Morgan fingerprint density at radius 3 is 2.90 bits per heavy atom. The number of allylic oxidation sites excluding steroid dienone is 3. The average Bonchev–Trinajstić information content (AvgIpc) is 3.35. The van der Waals surface area contributed by atoms with Crippen molar-refractivity contribution >= 4 is 17.5 Å². The van der Waals surface area contributed by atoms with E-state index in [1.807, 2.05) is 17.8 Å². The maximum Gasteiger partial charge on any atom is 0.196 e. The monoisotopic (exact) mass is 439 g/mol. The van der Waals surface area contributed by atoms with Crippen molar-refractivity contribution in [1.29, 1.82) is 0 Å². The van der Waals surface area contributed by atoms with Crippen LogP contribution in [0.4, 0.5) is 0 Å². The topological polar surface area (TPSA) is 33.6 Å². The first kappa shape index (κ1) is 17.2. The number of aliphatic imine (C=N–C) groups is 1. The molecule has 3 nitrogen and oxygen atoms in total. The first-order valence-electron chi connectivity index (χ1n) is 13.5. The number of dihydropyridines is 1. The summed E-state index contributed by atoms with van der Waals surface area (Å²) in [5.74, 6) is 1.57. The van der Waals surface area contributed by atoms with Gasteiger partial charge in [-0.1, -0.05) is 39.8 Å². The number of thioether (sulfide) groups is 1. The minimum Gasteiger partial charge on any atom is -0.472 e. The highest BCUT2D eigenvalue weighted by Gasteiger charge is 2.50. The van der Waals surface area contributed by atoms with E-state index < -0.39 is 6.85 Å². The second kappa shape index (κ2) is 6.87. The van der Waals surface area contributed by atoms with Crippen LogP contribution in [0, 0.1) is 22.7 Å². The summed E-state index contributed by atoms with van der Waals surface area (Å²) in [4.78, 5) is 6.11. The SMILES string of the molecule is [2H]C([2H])([2H])C1=NC2OC3=C([C@H]4CC=C5C6=C(SC5N4)C(C)(C)CCC6(C)C)CCC[C@H]3C2C=C1. The summed E-state index contributed by atoms with van der Waals surface area (Å²) in [6.45, 7) is 7.46. The number of hydrogen-bond donors (Lipinski definition) is 1. The molecule has 0 aromatic heterocycles. The van der Waals surface area contributed by atoms with Crippen molar-refractivity contribution < 1.29 is 8.85 Å². The number of nitrogens with one attached hydrogen (secondary N) is 1. The van der Waals surface area contributed by atoms with E-state index >= 15 is 0 Å². The molecule has 0 radical (unpaired) electrons. The van der Waals surface area contributed by atoms with E-state index in [-0.39, 0.29) is 34.7 Å². The highest BCUT2D eigenvalue weighted by atomic mass is 32.2. The van der Waals surface area contributed by atoms with Gasteiger partial charge in [0.15, 0.2) is 6.23 Å². The molecular weight excluding hydrogens is 400 g/mol. The Labute approximate surface area is 195 Å². The zero-order chi connectivity index (χ0) is 24.0. The Kier molecular flexibility index (Phi) is 3.82. The molecule has 1 N–H and O–H groups in total. The summed E-state index contributed by atoms with van der Waals surface area (Å²) in [6.07, 6.45) is 12.6. The zero-order valence-corrected chi connectivity index (χ0v) is 19.9. The number of ether oxygens (including phenoxy) is 1. The summed E-state index contributed by atoms with van der Waals surface area (Å²) >= 11 is 2.05. The third-order valence-electron chi connectivity index (χ3n) is 8.45. The Bertz CT molecular complexity index is 1080. The van der Waals surface area contributed by atoms with Crippen molar-refractivity contribution in [2.75, 3.05) is 0 Å². The van der Waals surface area contributed by atoms with E-state index in [1.165, 1.54) is 24.0 Å². The van der Waals surface area contributed by atoms with Gasteiger partial charge in [0.1, 0.15) is 5.76 Å². The van der Waals surface area contributed by atoms with E-state index in [0.717, 1.165) is 31.4 Å². The van der Waals surface area contributed by atoms with Crippen LogP contribution in [-0.4, -0.2) is 23.4 Å². The van der Waals surface area contributed by atoms with Crippen molar-refractivity contribution in [2.45, 2.75) is 90.7 Å². The van der Waals surface area contributed by atoms with Crippen molar-refractivity contribution in [1.82, 2.24) is 5.32 Å². The highest BCUT2D eigenvalue weighted by Crippen LogP contribution is 2.61. The summed E-state index contributed by atoms with van der Waals surface area (Å²) in [5, 5.41) is 4.33. The van der Waals surface area contributed by atoms with Crippen LogP contribution in [-0.2, 0) is 4.74 Å². The standard InChI is InChI=1S/C27H36N2OS/c1-15-9-10-17-16-7-6-8-18(22(16)30-24(17)28-15)20-12-11-19-21-23(31-25(19)29-20)27(4,5)14-13-26(21,2)3/h9-11,16-17,20,24-25,29H,6-8,12-14H2,1-5H3/t16-,17?,20+,24?,25?/m0/s1/i1D3. The molecule has 0 spiro atoms. The molecule has 0 aromatic carbocycles.